The number of methoxy groups -OCH3 is 2. The van der Waals surface area contributed by atoms with Gasteiger partial charge in [-0.25, -0.2) is 9.78 Å². The lowest BCUT2D eigenvalue weighted by molar-refractivity contribution is 0.262. The molecule has 2 N–H and O–H groups in total. The maximum Gasteiger partial charge on any atom is 0.323 e. The molecule has 2 amide bonds. The second kappa shape index (κ2) is 12.5. The topological polar surface area (TPSA) is 75.7 Å². The number of hydrogen-bond donors (Lipinski definition) is 2. The number of amides is 2. The standard InChI is InChI=1S/C28H28Cl2N4O3/c1-36-22-5-3-4-19(16-22)25-18-27(24-11-10-23(37-2)17-26(24)32-25)33-28(35)31-20-6-8-21(9-7-20)34(14-12-29)15-13-30/h3-11,16-18H,12-15H2,1-2H3,(H2,31,32,33,35). The number of benzene rings is 3. The smallest absolute Gasteiger partial charge is 0.323 e. The van der Waals surface area contributed by atoms with E-state index in [9.17, 15) is 4.79 Å². The third-order valence-electron chi connectivity index (χ3n) is 5.83. The minimum absolute atomic E-state index is 0.369. The van der Waals surface area contributed by atoms with Crippen molar-refractivity contribution in [2.45, 2.75) is 0 Å². The molecule has 0 spiro atoms. The van der Waals surface area contributed by atoms with Crippen LogP contribution in [0.3, 0.4) is 0 Å². The van der Waals surface area contributed by atoms with Gasteiger partial charge in [0.2, 0.25) is 0 Å². The fraction of sp³-hybridized carbons (Fsp3) is 0.214. The number of urea groups is 1. The van der Waals surface area contributed by atoms with Crippen LogP contribution < -0.4 is 25.0 Å². The Morgan fingerprint density at radius 1 is 0.865 bits per heavy atom. The fourth-order valence-corrected chi connectivity index (χ4v) is 4.39. The zero-order valence-electron chi connectivity index (χ0n) is 20.6. The van der Waals surface area contributed by atoms with Gasteiger partial charge in [-0.2, -0.15) is 0 Å². The molecule has 0 unspecified atom stereocenters. The van der Waals surface area contributed by atoms with E-state index in [2.05, 4.69) is 15.5 Å². The Balaban J connectivity index is 1.60. The van der Waals surface area contributed by atoms with E-state index < -0.39 is 0 Å². The number of nitrogens with one attached hydrogen (secondary N) is 2. The molecule has 3 aromatic carbocycles. The zero-order valence-corrected chi connectivity index (χ0v) is 22.1. The second-order valence-electron chi connectivity index (χ2n) is 8.16. The summed E-state index contributed by atoms with van der Waals surface area (Å²) in [4.78, 5) is 19.9. The molecule has 0 atom stereocenters. The van der Waals surface area contributed by atoms with Crippen LogP contribution in [-0.2, 0) is 0 Å². The van der Waals surface area contributed by atoms with Crippen molar-refractivity contribution in [1.29, 1.82) is 0 Å². The summed E-state index contributed by atoms with van der Waals surface area (Å²) in [6.07, 6.45) is 0. The van der Waals surface area contributed by atoms with E-state index in [-0.39, 0.29) is 6.03 Å². The number of carbonyl (C=O) groups excluding carboxylic acids is 1. The van der Waals surface area contributed by atoms with Crippen molar-refractivity contribution in [2.75, 3.05) is 54.6 Å². The average Bonchev–Trinajstić information content (AvgIpc) is 2.93. The molecule has 4 aromatic rings. The van der Waals surface area contributed by atoms with Crippen LogP contribution in [0.5, 0.6) is 11.5 Å². The quantitative estimate of drug-likeness (QED) is 0.216. The predicted octanol–water partition coefficient (Wildman–Crippen LogP) is 6.85. The summed E-state index contributed by atoms with van der Waals surface area (Å²) < 4.78 is 10.8. The summed E-state index contributed by atoms with van der Waals surface area (Å²) in [5, 5.41) is 6.67. The van der Waals surface area contributed by atoms with E-state index in [0.717, 1.165) is 22.4 Å². The van der Waals surface area contributed by atoms with Crippen LogP contribution in [-0.4, -0.2) is 50.1 Å². The lowest BCUT2D eigenvalue weighted by atomic mass is 10.1. The lowest BCUT2D eigenvalue weighted by Crippen LogP contribution is -2.27. The van der Waals surface area contributed by atoms with Crippen molar-refractivity contribution >= 4 is 57.2 Å². The van der Waals surface area contributed by atoms with Gasteiger partial charge < -0.3 is 25.0 Å². The third-order valence-corrected chi connectivity index (χ3v) is 6.17. The fourth-order valence-electron chi connectivity index (χ4n) is 3.98. The molecular formula is C28H28Cl2N4O3. The van der Waals surface area contributed by atoms with E-state index in [0.29, 0.717) is 53.2 Å². The molecule has 4 rings (SSSR count). The van der Waals surface area contributed by atoms with Crippen LogP contribution >= 0.6 is 23.2 Å². The first-order chi connectivity index (χ1) is 18.0. The Morgan fingerprint density at radius 2 is 1.57 bits per heavy atom. The molecule has 192 valence electrons. The highest BCUT2D eigenvalue weighted by Gasteiger charge is 2.13. The molecule has 9 heteroatoms. The highest BCUT2D eigenvalue weighted by molar-refractivity contribution is 6.18. The number of anilines is 3. The maximum atomic E-state index is 13.0. The predicted molar refractivity (Wildman–Crippen MR) is 153 cm³/mol. The second-order valence-corrected chi connectivity index (χ2v) is 8.92. The normalized spacial score (nSPS) is 10.7. The van der Waals surface area contributed by atoms with Gasteiger partial charge in [0, 0.05) is 53.2 Å². The first-order valence-electron chi connectivity index (χ1n) is 11.7. The molecule has 0 saturated carbocycles. The maximum absolute atomic E-state index is 13.0. The molecule has 7 nitrogen and oxygen atoms in total. The number of ether oxygens (including phenoxy) is 2. The summed E-state index contributed by atoms with van der Waals surface area (Å²) in [5.41, 5.74) is 4.52. The van der Waals surface area contributed by atoms with Gasteiger partial charge >= 0.3 is 6.03 Å². The molecule has 37 heavy (non-hydrogen) atoms. The van der Waals surface area contributed by atoms with Crippen molar-refractivity contribution in [3.63, 3.8) is 0 Å². The van der Waals surface area contributed by atoms with Crippen molar-refractivity contribution < 1.29 is 14.3 Å². The minimum Gasteiger partial charge on any atom is -0.497 e. The number of nitrogens with zero attached hydrogens (tertiary/aromatic N) is 2. The third kappa shape index (κ3) is 6.56. The summed E-state index contributed by atoms with van der Waals surface area (Å²) >= 11 is 11.8. The largest absolute Gasteiger partial charge is 0.497 e. The molecule has 0 bridgehead atoms. The highest BCUT2D eigenvalue weighted by Crippen LogP contribution is 2.32. The monoisotopic (exact) mass is 538 g/mol. The van der Waals surface area contributed by atoms with Gasteiger partial charge in [-0.05, 0) is 54.6 Å². The summed E-state index contributed by atoms with van der Waals surface area (Å²) in [7, 11) is 3.23. The number of aromatic nitrogens is 1. The Morgan fingerprint density at radius 3 is 2.24 bits per heavy atom. The van der Waals surface area contributed by atoms with Gasteiger partial charge in [0.05, 0.1) is 31.1 Å². The van der Waals surface area contributed by atoms with E-state index in [1.165, 1.54) is 0 Å². The zero-order chi connectivity index (χ0) is 26.2. The lowest BCUT2D eigenvalue weighted by Gasteiger charge is -2.23. The van der Waals surface area contributed by atoms with Crippen LogP contribution in [0.25, 0.3) is 22.2 Å². The van der Waals surface area contributed by atoms with E-state index in [1.807, 2.05) is 72.8 Å². The summed E-state index contributed by atoms with van der Waals surface area (Å²) in [6.45, 7) is 1.38. The van der Waals surface area contributed by atoms with Gasteiger partial charge in [0.15, 0.2) is 0 Å². The Labute approximate surface area is 226 Å². The summed E-state index contributed by atoms with van der Waals surface area (Å²) in [6, 6.07) is 22.2. The van der Waals surface area contributed by atoms with E-state index >= 15 is 0 Å². The van der Waals surface area contributed by atoms with Crippen LogP contribution in [0.1, 0.15) is 0 Å². The van der Waals surface area contributed by atoms with Crippen molar-refractivity contribution in [1.82, 2.24) is 4.98 Å². The van der Waals surface area contributed by atoms with Gasteiger partial charge in [0.1, 0.15) is 11.5 Å². The number of carbonyl (C=O) groups is 1. The number of hydrogen-bond acceptors (Lipinski definition) is 5. The molecule has 1 heterocycles. The van der Waals surface area contributed by atoms with Gasteiger partial charge in [-0.1, -0.05) is 12.1 Å². The first-order valence-corrected chi connectivity index (χ1v) is 12.8. The van der Waals surface area contributed by atoms with Crippen LogP contribution in [0, 0.1) is 0 Å². The van der Waals surface area contributed by atoms with Crippen LogP contribution in [0.4, 0.5) is 21.9 Å². The Bertz CT molecular complexity index is 1360. The van der Waals surface area contributed by atoms with E-state index in [4.69, 9.17) is 37.7 Å². The van der Waals surface area contributed by atoms with Crippen molar-refractivity contribution in [3.05, 3.63) is 72.8 Å². The molecule has 0 aliphatic carbocycles. The number of halogens is 2. The minimum atomic E-state index is -0.369. The molecule has 0 saturated heterocycles. The number of alkyl halides is 2. The molecule has 0 aliphatic heterocycles. The van der Waals surface area contributed by atoms with E-state index in [1.54, 1.807) is 14.2 Å². The highest BCUT2D eigenvalue weighted by atomic mass is 35.5. The Hall–Kier alpha value is -3.68. The van der Waals surface area contributed by atoms with Crippen LogP contribution in [0.15, 0.2) is 72.8 Å². The van der Waals surface area contributed by atoms with Gasteiger partial charge in [-0.3, -0.25) is 0 Å². The average molecular weight is 539 g/mol. The van der Waals surface area contributed by atoms with Crippen molar-refractivity contribution in [3.8, 4) is 22.8 Å². The first kappa shape index (κ1) is 26.4. The SMILES string of the molecule is COc1cccc(-c2cc(NC(=O)Nc3ccc(N(CCCl)CCCl)cc3)c3ccc(OC)cc3n2)c1. The molecule has 0 radical (unpaired) electrons. The van der Waals surface area contributed by atoms with Gasteiger partial charge in [-0.15, -0.1) is 23.2 Å². The summed E-state index contributed by atoms with van der Waals surface area (Å²) in [5.74, 6) is 2.40. The number of rotatable bonds is 10. The van der Waals surface area contributed by atoms with Gasteiger partial charge in [0.25, 0.3) is 0 Å². The number of pyridine rings is 1. The molecule has 1 aromatic heterocycles. The number of fused-ring (bicyclic) bond motifs is 1. The Kier molecular flexibility index (Phi) is 8.93. The van der Waals surface area contributed by atoms with Crippen molar-refractivity contribution in [2.24, 2.45) is 0 Å². The molecule has 0 fully saturated rings. The van der Waals surface area contributed by atoms with Crippen LogP contribution in [0.2, 0.25) is 0 Å². The molecular weight excluding hydrogens is 511 g/mol. The molecule has 0 aliphatic rings.